The molecule has 5 nitrogen and oxygen atoms in total. The number of alkyl halides is 1. The summed E-state index contributed by atoms with van der Waals surface area (Å²) in [6.45, 7) is 1.49. The number of rotatable bonds is 5. The zero-order valence-electron chi connectivity index (χ0n) is 13.1. The minimum Gasteiger partial charge on any atom is -0.493 e. The highest BCUT2D eigenvalue weighted by atomic mass is 35.5. The van der Waals surface area contributed by atoms with Gasteiger partial charge in [0.05, 0.1) is 7.11 Å². The molecule has 0 unspecified atom stereocenters. The molecule has 0 atom stereocenters. The van der Waals surface area contributed by atoms with Crippen LogP contribution in [0.1, 0.15) is 18.4 Å². The van der Waals surface area contributed by atoms with E-state index in [4.69, 9.17) is 25.8 Å². The van der Waals surface area contributed by atoms with Gasteiger partial charge < -0.3 is 19.1 Å². The van der Waals surface area contributed by atoms with Crippen molar-refractivity contribution in [1.82, 2.24) is 4.90 Å². The number of fused-ring (bicyclic) bond motifs is 1. The van der Waals surface area contributed by atoms with Crippen molar-refractivity contribution in [3.8, 4) is 17.2 Å². The van der Waals surface area contributed by atoms with Gasteiger partial charge >= 0.3 is 0 Å². The topological polar surface area (TPSA) is 48.0 Å². The molecule has 23 heavy (non-hydrogen) atoms. The van der Waals surface area contributed by atoms with Gasteiger partial charge in [-0.2, -0.15) is 0 Å². The van der Waals surface area contributed by atoms with Gasteiger partial charge in [-0.1, -0.05) is 12.2 Å². The quantitative estimate of drug-likeness (QED) is 0.612. The number of carbonyl (C=O) groups is 1. The van der Waals surface area contributed by atoms with E-state index in [2.05, 4.69) is 12.2 Å². The Morgan fingerprint density at radius 3 is 2.74 bits per heavy atom. The van der Waals surface area contributed by atoms with E-state index in [1.807, 2.05) is 17.0 Å². The van der Waals surface area contributed by atoms with Gasteiger partial charge in [-0.05, 0) is 30.5 Å². The number of hydrogen-bond acceptors (Lipinski definition) is 4. The Morgan fingerprint density at radius 1 is 1.30 bits per heavy atom. The minimum absolute atomic E-state index is 0.0157. The zero-order chi connectivity index (χ0) is 16.2. The summed E-state index contributed by atoms with van der Waals surface area (Å²) >= 11 is 5.78. The van der Waals surface area contributed by atoms with Gasteiger partial charge in [0, 0.05) is 12.6 Å². The monoisotopic (exact) mass is 337 g/mol. The summed E-state index contributed by atoms with van der Waals surface area (Å²) in [5, 5.41) is 0. The third kappa shape index (κ3) is 3.39. The van der Waals surface area contributed by atoms with Crippen LogP contribution in [0, 0.1) is 0 Å². The molecule has 3 rings (SSSR count). The molecule has 0 saturated heterocycles. The summed E-state index contributed by atoms with van der Waals surface area (Å²) in [5.41, 5.74) is 0.941. The van der Waals surface area contributed by atoms with Crippen LogP contribution in [0.5, 0.6) is 17.2 Å². The highest BCUT2D eigenvalue weighted by Crippen LogP contribution is 2.40. The number of halogens is 1. The lowest BCUT2D eigenvalue weighted by molar-refractivity contribution is -0.131. The second-order valence-corrected chi connectivity index (χ2v) is 5.84. The van der Waals surface area contributed by atoms with Crippen molar-refractivity contribution in [1.29, 1.82) is 0 Å². The molecule has 0 radical (unpaired) electrons. The summed E-state index contributed by atoms with van der Waals surface area (Å²) in [7, 11) is 1.60. The minimum atomic E-state index is -0.0609. The first-order chi connectivity index (χ1) is 11.2. The van der Waals surface area contributed by atoms with Gasteiger partial charge in [-0.15, -0.1) is 11.6 Å². The van der Waals surface area contributed by atoms with Crippen molar-refractivity contribution in [2.75, 3.05) is 26.2 Å². The van der Waals surface area contributed by atoms with Crippen LogP contribution in [0.15, 0.2) is 24.3 Å². The number of carbonyl (C=O) groups excluding carboxylic acids is 1. The second kappa shape index (κ2) is 7.13. The Bertz CT molecular complexity index is 592. The van der Waals surface area contributed by atoms with Crippen LogP contribution in [-0.2, 0) is 11.3 Å². The summed E-state index contributed by atoms with van der Waals surface area (Å²) in [5.74, 6) is 1.83. The van der Waals surface area contributed by atoms with Crippen LogP contribution < -0.4 is 14.2 Å². The summed E-state index contributed by atoms with van der Waals surface area (Å²) < 4.78 is 16.7. The maximum absolute atomic E-state index is 12.2. The van der Waals surface area contributed by atoms with Crippen LogP contribution in [0.2, 0.25) is 0 Å². The molecule has 0 saturated carbocycles. The molecule has 124 valence electrons. The lowest BCUT2D eigenvalue weighted by Crippen LogP contribution is -2.39. The van der Waals surface area contributed by atoms with Crippen molar-refractivity contribution < 1.29 is 19.0 Å². The molecule has 0 spiro atoms. The van der Waals surface area contributed by atoms with Crippen molar-refractivity contribution in [3.05, 3.63) is 29.8 Å². The normalized spacial score (nSPS) is 16.4. The number of methoxy groups -OCH3 is 1. The molecule has 6 heteroatoms. The van der Waals surface area contributed by atoms with E-state index in [0.29, 0.717) is 37.0 Å². The lowest BCUT2D eigenvalue weighted by atomic mass is 10.1. The van der Waals surface area contributed by atoms with Crippen molar-refractivity contribution in [3.63, 3.8) is 0 Å². The van der Waals surface area contributed by atoms with E-state index in [0.717, 1.165) is 18.4 Å². The predicted octanol–water partition coefficient (Wildman–Crippen LogP) is 2.75. The van der Waals surface area contributed by atoms with Gasteiger partial charge in [-0.25, -0.2) is 0 Å². The molecule has 1 heterocycles. The molecule has 0 fully saturated rings. The molecule has 1 aliphatic carbocycles. The molecule has 1 amide bonds. The first-order valence-corrected chi connectivity index (χ1v) is 8.23. The smallest absolute Gasteiger partial charge is 0.238 e. The maximum Gasteiger partial charge on any atom is 0.238 e. The van der Waals surface area contributed by atoms with Crippen molar-refractivity contribution in [2.45, 2.75) is 25.4 Å². The molecule has 0 aromatic heterocycles. The van der Waals surface area contributed by atoms with Crippen LogP contribution in [-0.4, -0.2) is 43.1 Å². The van der Waals surface area contributed by atoms with Crippen LogP contribution in [0.3, 0.4) is 0 Å². The van der Waals surface area contributed by atoms with E-state index >= 15 is 0 Å². The van der Waals surface area contributed by atoms with E-state index in [1.54, 1.807) is 7.11 Å². The fraction of sp³-hybridized carbons (Fsp3) is 0.471. The van der Waals surface area contributed by atoms with E-state index in [-0.39, 0.29) is 17.8 Å². The molecule has 0 N–H and O–H groups in total. The SMILES string of the molecule is COc1cc(CN(C(=O)CCl)C2CC=CC2)cc2c1OCCO2. The van der Waals surface area contributed by atoms with Gasteiger partial charge in [0.2, 0.25) is 11.7 Å². The summed E-state index contributed by atoms with van der Waals surface area (Å²) in [6, 6.07) is 3.97. The van der Waals surface area contributed by atoms with E-state index in [1.165, 1.54) is 0 Å². The van der Waals surface area contributed by atoms with E-state index < -0.39 is 0 Å². The third-order valence-corrected chi connectivity index (χ3v) is 4.33. The molecule has 2 aliphatic rings. The number of hydrogen-bond donors (Lipinski definition) is 0. The summed E-state index contributed by atoms with van der Waals surface area (Å²) in [6.07, 6.45) is 5.93. The summed E-state index contributed by atoms with van der Waals surface area (Å²) in [4.78, 5) is 14.1. The fourth-order valence-corrected chi connectivity index (χ4v) is 3.12. The predicted molar refractivity (Wildman–Crippen MR) is 87.4 cm³/mol. The highest BCUT2D eigenvalue weighted by molar-refractivity contribution is 6.27. The number of amides is 1. The number of nitrogens with zero attached hydrogens (tertiary/aromatic N) is 1. The van der Waals surface area contributed by atoms with Gasteiger partial charge in [-0.3, -0.25) is 4.79 Å². The second-order valence-electron chi connectivity index (χ2n) is 5.57. The third-order valence-electron chi connectivity index (χ3n) is 4.10. The Hall–Kier alpha value is -1.88. The van der Waals surface area contributed by atoms with Crippen LogP contribution in [0.25, 0.3) is 0 Å². The van der Waals surface area contributed by atoms with Gasteiger partial charge in [0.1, 0.15) is 19.1 Å². The average Bonchev–Trinajstić information content (AvgIpc) is 3.12. The van der Waals surface area contributed by atoms with Crippen LogP contribution >= 0.6 is 11.6 Å². The Labute approximate surface area is 140 Å². The Balaban J connectivity index is 1.86. The van der Waals surface area contributed by atoms with Crippen molar-refractivity contribution in [2.24, 2.45) is 0 Å². The highest BCUT2D eigenvalue weighted by Gasteiger charge is 2.25. The molecule has 0 bridgehead atoms. The standard InChI is InChI=1S/C17H20ClNO4/c1-21-14-8-12(9-15-17(14)23-7-6-22-15)11-19(16(20)10-18)13-4-2-3-5-13/h2-3,8-9,13H,4-7,10-11H2,1H3. The van der Waals surface area contributed by atoms with Crippen molar-refractivity contribution >= 4 is 17.5 Å². The van der Waals surface area contributed by atoms with Crippen LogP contribution in [0.4, 0.5) is 0 Å². The average molecular weight is 338 g/mol. The first kappa shape index (κ1) is 16.0. The maximum atomic E-state index is 12.2. The molecule has 1 aromatic carbocycles. The fourth-order valence-electron chi connectivity index (χ4n) is 2.97. The zero-order valence-corrected chi connectivity index (χ0v) is 13.8. The molecule has 1 aliphatic heterocycles. The van der Waals surface area contributed by atoms with Gasteiger partial charge in [0.15, 0.2) is 11.5 Å². The Kier molecular flexibility index (Phi) is 4.96. The molecular formula is C17H20ClNO4. The number of ether oxygens (including phenoxy) is 3. The Morgan fingerprint density at radius 2 is 2.04 bits per heavy atom. The largest absolute Gasteiger partial charge is 0.493 e. The first-order valence-electron chi connectivity index (χ1n) is 7.70. The van der Waals surface area contributed by atoms with E-state index in [9.17, 15) is 4.79 Å². The molecular weight excluding hydrogens is 318 g/mol. The molecule has 1 aromatic rings. The number of benzene rings is 1. The lowest BCUT2D eigenvalue weighted by Gasteiger charge is -2.29. The van der Waals surface area contributed by atoms with Gasteiger partial charge in [0.25, 0.3) is 0 Å².